The van der Waals surface area contributed by atoms with E-state index in [9.17, 15) is 9.59 Å². The third-order valence-corrected chi connectivity index (χ3v) is 5.82. The lowest BCUT2D eigenvalue weighted by Gasteiger charge is -2.22. The van der Waals surface area contributed by atoms with Gasteiger partial charge >= 0.3 is 6.03 Å². The standard InChI is InChI=1S/C18H13BrN2O2/c19-14-7-8-15(13-4-2-1-3-12(13)14)21-17(22)16-10-5-6-11(9-10)20(16)18(21)23/h1-8,10-11,16H,9H2/t10-,11+,16-/m1/s1. The van der Waals surface area contributed by atoms with Gasteiger partial charge in [-0.2, -0.15) is 0 Å². The highest BCUT2D eigenvalue weighted by molar-refractivity contribution is 9.10. The Morgan fingerprint density at radius 3 is 2.57 bits per heavy atom. The molecule has 1 aliphatic carbocycles. The van der Waals surface area contributed by atoms with E-state index >= 15 is 0 Å². The van der Waals surface area contributed by atoms with Gasteiger partial charge in [0.05, 0.1) is 11.7 Å². The Kier molecular flexibility index (Phi) is 2.57. The fourth-order valence-electron chi connectivity index (χ4n) is 4.13. The Morgan fingerprint density at radius 2 is 1.78 bits per heavy atom. The number of nitrogens with zero attached hydrogens (tertiary/aromatic N) is 2. The van der Waals surface area contributed by atoms with Crippen molar-refractivity contribution in [2.24, 2.45) is 5.92 Å². The first kappa shape index (κ1) is 13.3. The average Bonchev–Trinajstić information content (AvgIpc) is 3.24. The normalized spacial score (nSPS) is 28.3. The van der Waals surface area contributed by atoms with Gasteiger partial charge in [0, 0.05) is 15.8 Å². The van der Waals surface area contributed by atoms with Gasteiger partial charge in [0.15, 0.2) is 0 Å². The Balaban J connectivity index is 1.68. The van der Waals surface area contributed by atoms with Crippen LogP contribution in [0, 0.1) is 5.92 Å². The van der Waals surface area contributed by atoms with Crippen LogP contribution in [0.3, 0.4) is 0 Å². The molecule has 0 unspecified atom stereocenters. The highest BCUT2D eigenvalue weighted by atomic mass is 79.9. The minimum absolute atomic E-state index is 0.0770. The first-order valence-electron chi connectivity index (χ1n) is 7.68. The minimum atomic E-state index is -0.320. The molecule has 114 valence electrons. The number of carbonyl (C=O) groups excluding carboxylic acids is 2. The SMILES string of the molecule is O=C1[C@H]2[C@@H]3C=C[C@@H](C3)N2C(=O)N1c1ccc(Br)c2ccccc12. The summed E-state index contributed by atoms with van der Waals surface area (Å²) in [6.07, 6.45) is 5.02. The summed E-state index contributed by atoms with van der Waals surface area (Å²) >= 11 is 3.54. The Bertz CT molecular complexity index is 877. The van der Waals surface area contributed by atoms with E-state index in [4.69, 9.17) is 0 Å². The zero-order valence-corrected chi connectivity index (χ0v) is 13.7. The third kappa shape index (κ3) is 1.60. The molecule has 2 fully saturated rings. The van der Waals surface area contributed by atoms with Gasteiger partial charge in [-0.3, -0.25) is 4.79 Å². The van der Waals surface area contributed by atoms with Crippen LogP contribution in [0.15, 0.2) is 53.0 Å². The van der Waals surface area contributed by atoms with Gasteiger partial charge in [0.2, 0.25) is 0 Å². The molecule has 2 bridgehead atoms. The van der Waals surface area contributed by atoms with Crippen molar-refractivity contribution in [3.8, 4) is 0 Å². The van der Waals surface area contributed by atoms with E-state index in [1.807, 2.05) is 36.4 Å². The van der Waals surface area contributed by atoms with Crippen molar-refractivity contribution in [2.75, 3.05) is 4.90 Å². The minimum Gasteiger partial charge on any atom is -0.305 e. The van der Waals surface area contributed by atoms with Crippen LogP contribution >= 0.6 is 15.9 Å². The molecule has 5 rings (SSSR count). The molecular formula is C18H13BrN2O2. The van der Waals surface area contributed by atoms with Crippen molar-refractivity contribution in [3.63, 3.8) is 0 Å². The van der Waals surface area contributed by atoms with E-state index < -0.39 is 0 Å². The van der Waals surface area contributed by atoms with Gasteiger partial charge in [-0.1, -0.05) is 52.3 Å². The summed E-state index contributed by atoms with van der Waals surface area (Å²) < 4.78 is 0.957. The van der Waals surface area contributed by atoms with Gasteiger partial charge < -0.3 is 4.90 Å². The van der Waals surface area contributed by atoms with Crippen molar-refractivity contribution in [1.29, 1.82) is 0 Å². The number of fused-ring (bicyclic) bond motifs is 6. The lowest BCUT2D eigenvalue weighted by Crippen LogP contribution is -2.38. The number of amides is 3. The summed E-state index contributed by atoms with van der Waals surface area (Å²) in [5.41, 5.74) is 0.674. The van der Waals surface area contributed by atoms with E-state index in [1.54, 1.807) is 4.90 Å². The van der Waals surface area contributed by atoms with Gasteiger partial charge in [0.1, 0.15) is 6.04 Å². The molecule has 0 spiro atoms. The van der Waals surface area contributed by atoms with E-state index in [2.05, 4.69) is 28.1 Å². The molecule has 23 heavy (non-hydrogen) atoms. The molecule has 3 amide bonds. The van der Waals surface area contributed by atoms with Crippen LogP contribution in [0.4, 0.5) is 10.5 Å². The van der Waals surface area contributed by atoms with E-state index in [-0.39, 0.29) is 29.9 Å². The predicted octanol–water partition coefficient (Wildman–Crippen LogP) is 3.70. The molecule has 0 N–H and O–H groups in total. The molecular weight excluding hydrogens is 356 g/mol. The van der Waals surface area contributed by atoms with Gasteiger partial charge in [-0.15, -0.1) is 0 Å². The smallest absolute Gasteiger partial charge is 0.305 e. The lowest BCUT2D eigenvalue weighted by molar-refractivity contribution is -0.119. The van der Waals surface area contributed by atoms with E-state index in [1.165, 1.54) is 4.90 Å². The summed E-state index contributed by atoms with van der Waals surface area (Å²) in [6.45, 7) is 0. The van der Waals surface area contributed by atoms with Gasteiger partial charge in [-0.25, -0.2) is 9.69 Å². The second kappa shape index (κ2) is 4.45. The number of rotatable bonds is 1. The van der Waals surface area contributed by atoms with Crippen molar-refractivity contribution in [3.05, 3.63) is 53.0 Å². The largest absolute Gasteiger partial charge is 0.332 e. The predicted molar refractivity (Wildman–Crippen MR) is 91.2 cm³/mol. The van der Waals surface area contributed by atoms with Crippen LogP contribution in [0.25, 0.3) is 10.8 Å². The van der Waals surface area contributed by atoms with Gasteiger partial charge in [0.25, 0.3) is 5.91 Å². The third-order valence-electron chi connectivity index (χ3n) is 5.13. The van der Waals surface area contributed by atoms with Crippen LogP contribution in [-0.2, 0) is 4.79 Å². The molecule has 3 atom stereocenters. The molecule has 5 heteroatoms. The van der Waals surface area contributed by atoms with Crippen LogP contribution < -0.4 is 4.90 Å². The molecule has 0 aromatic heterocycles. The number of urea groups is 1. The number of hydrogen-bond acceptors (Lipinski definition) is 2. The van der Waals surface area contributed by atoms with Crippen LogP contribution in [0.5, 0.6) is 0 Å². The fraction of sp³-hybridized carbons (Fsp3) is 0.222. The first-order chi connectivity index (χ1) is 11.2. The summed E-state index contributed by atoms with van der Waals surface area (Å²) in [7, 11) is 0. The first-order valence-corrected chi connectivity index (χ1v) is 8.48. The van der Waals surface area contributed by atoms with Crippen LogP contribution in [0.2, 0.25) is 0 Å². The quantitative estimate of drug-likeness (QED) is 0.568. The Hall–Kier alpha value is -2.14. The molecule has 2 aromatic carbocycles. The number of hydrogen-bond donors (Lipinski definition) is 0. The molecule has 0 saturated carbocycles. The van der Waals surface area contributed by atoms with Crippen molar-refractivity contribution in [2.45, 2.75) is 18.5 Å². The van der Waals surface area contributed by atoms with Gasteiger partial charge in [-0.05, 0) is 23.9 Å². The Morgan fingerprint density at radius 1 is 1.00 bits per heavy atom. The maximum atomic E-state index is 12.9. The maximum Gasteiger partial charge on any atom is 0.332 e. The maximum absolute atomic E-state index is 12.9. The zero-order chi connectivity index (χ0) is 15.7. The fourth-order valence-corrected chi connectivity index (χ4v) is 4.61. The van der Waals surface area contributed by atoms with E-state index in [0.29, 0.717) is 5.69 Å². The Labute approximate surface area is 141 Å². The molecule has 2 aromatic rings. The van der Waals surface area contributed by atoms with Crippen LogP contribution in [-0.4, -0.2) is 28.9 Å². The second-order valence-corrected chi connectivity index (χ2v) is 7.13. The van der Waals surface area contributed by atoms with Crippen molar-refractivity contribution < 1.29 is 9.59 Å². The molecule has 2 aliphatic heterocycles. The van der Waals surface area contributed by atoms with Crippen LogP contribution in [0.1, 0.15) is 6.42 Å². The highest BCUT2D eigenvalue weighted by Gasteiger charge is 2.57. The molecule has 2 saturated heterocycles. The number of imide groups is 1. The zero-order valence-electron chi connectivity index (χ0n) is 12.1. The summed E-state index contributed by atoms with van der Waals surface area (Å²) in [6, 6.07) is 11.1. The number of anilines is 1. The topological polar surface area (TPSA) is 40.6 Å². The highest BCUT2D eigenvalue weighted by Crippen LogP contribution is 2.44. The number of carbonyl (C=O) groups is 2. The van der Waals surface area contributed by atoms with Crippen molar-refractivity contribution >= 4 is 44.3 Å². The van der Waals surface area contributed by atoms with E-state index in [0.717, 1.165) is 21.7 Å². The second-order valence-electron chi connectivity index (χ2n) is 6.27. The summed E-state index contributed by atoms with van der Waals surface area (Å²) in [5, 5.41) is 1.91. The molecule has 2 heterocycles. The number of halogens is 1. The monoisotopic (exact) mass is 368 g/mol. The number of benzene rings is 2. The van der Waals surface area contributed by atoms with Crippen molar-refractivity contribution in [1.82, 2.24) is 4.90 Å². The lowest BCUT2D eigenvalue weighted by atomic mass is 10.0. The molecule has 0 radical (unpaired) electrons. The molecule has 3 aliphatic rings. The average molecular weight is 369 g/mol. The summed E-state index contributed by atoms with van der Waals surface area (Å²) in [4.78, 5) is 29.0. The summed E-state index contributed by atoms with van der Waals surface area (Å²) in [5.74, 6) is 0.0717. The molecule has 4 nitrogen and oxygen atoms in total.